The lowest BCUT2D eigenvalue weighted by molar-refractivity contribution is 0.00846. The number of rotatable bonds is 4. The Hall–Kier alpha value is -0.860. The average molecular weight is 233 g/mol. The monoisotopic (exact) mass is 233 g/mol. The first-order chi connectivity index (χ1) is 8.35. The van der Waals surface area contributed by atoms with Crippen molar-refractivity contribution in [2.75, 3.05) is 13.7 Å². The summed E-state index contributed by atoms with van der Waals surface area (Å²) in [6, 6.07) is 11.4. The molecule has 1 aromatic carbocycles. The summed E-state index contributed by atoms with van der Waals surface area (Å²) in [6.45, 7) is 2.89. The van der Waals surface area contributed by atoms with Crippen molar-refractivity contribution in [2.24, 2.45) is 0 Å². The standard InChI is InChI=1S/C15H23NO/c1-3-17-15-11-13(9-10-14(15)16-2)12-7-5-4-6-8-12/h4-8,13-16H,3,9-11H2,1-2H3. The topological polar surface area (TPSA) is 21.3 Å². The van der Waals surface area contributed by atoms with E-state index < -0.39 is 0 Å². The Kier molecular flexibility index (Phi) is 4.57. The molecule has 1 aliphatic carbocycles. The molecule has 0 amide bonds. The van der Waals surface area contributed by atoms with Gasteiger partial charge in [0, 0.05) is 12.6 Å². The van der Waals surface area contributed by atoms with E-state index in [0.717, 1.165) is 13.0 Å². The predicted octanol–water partition coefficient (Wildman–Crippen LogP) is 2.95. The van der Waals surface area contributed by atoms with Crippen molar-refractivity contribution in [1.82, 2.24) is 5.32 Å². The second-order valence-electron chi connectivity index (χ2n) is 4.81. The minimum Gasteiger partial charge on any atom is -0.377 e. The number of nitrogens with one attached hydrogen (secondary N) is 1. The van der Waals surface area contributed by atoms with E-state index in [4.69, 9.17) is 4.74 Å². The molecule has 1 fully saturated rings. The van der Waals surface area contributed by atoms with Gasteiger partial charge in [0.2, 0.25) is 0 Å². The van der Waals surface area contributed by atoms with Gasteiger partial charge in [-0.1, -0.05) is 30.3 Å². The third-order valence-corrected chi connectivity index (χ3v) is 3.81. The molecular formula is C15H23NO. The zero-order valence-electron chi connectivity index (χ0n) is 10.9. The van der Waals surface area contributed by atoms with E-state index in [0.29, 0.717) is 18.1 Å². The normalized spacial score (nSPS) is 29.2. The van der Waals surface area contributed by atoms with Crippen molar-refractivity contribution in [3.63, 3.8) is 0 Å². The van der Waals surface area contributed by atoms with Gasteiger partial charge in [-0.2, -0.15) is 0 Å². The molecule has 1 saturated carbocycles. The molecule has 0 spiro atoms. The molecule has 3 unspecified atom stereocenters. The summed E-state index contributed by atoms with van der Waals surface area (Å²) in [5.41, 5.74) is 1.46. The van der Waals surface area contributed by atoms with Crippen molar-refractivity contribution >= 4 is 0 Å². The quantitative estimate of drug-likeness (QED) is 0.863. The van der Waals surface area contributed by atoms with E-state index in [-0.39, 0.29) is 0 Å². The molecule has 0 aliphatic heterocycles. The Balaban J connectivity index is 2.03. The van der Waals surface area contributed by atoms with Gasteiger partial charge in [-0.15, -0.1) is 0 Å². The molecule has 0 bridgehead atoms. The summed E-state index contributed by atoms with van der Waals surface area (Å²) < 4.78 is 5.88. The highest BCUT2D eigenvalue weighted by Gasteiger charge is 2.30. The summed E-state index contributed by atoms with van der Waals surface area (Å²) in [7, 11) is 2.04. The van der Waals surface area contributed by atoms with Crippen LogP contribution in [0.2, 0.25) is 0 Å². The lowest BCUT2D eigenvalue weighted by atomic mass is 9.80. The van der Waals surface area contributed by atoms with Crippen LogP contribution >= 0.6 is 0 Å². The molecule has 1 N–H and O–H groups in total. The summed E-state index contributed by atoms with van der Waals surface area (Å²) >= 11 is 0. The van der Waals surface area contributed by atoms with Crippen LogP contribution < -0.4 is 5.32 Å². The van der Waals surface area contributed by atoms with Gasteiger partial charge < -0.3 is 10.1 Å². The number of ether oxygens (including phenoxy) is 1. The summed E-state index contributed by atoms with van der Waals surface area (Å²) in [4.78, 5) is 0. The zero-order valence-corrected chi connectivity index (χ0v) is 10.9. The van der Waals surface area contributed by atoms with Crippen LogP contribution in [0.15, 0.2) is 30.3 Å². The number of likely N-dealkylation sites (N-methyl/N-ethyl adjacent to an activating group) is 1. The van der Waals surface area contributed by atoms with Crippen LogP contribution in [-0.2, 0) is 4.74 Å². The molecule has 0 radical (unpaired) electrons. The Morgan fingerprint density at radius 1 is 1.24 bits per heavy atom. The highest BCUT2D eigenvalue weighted by molar-refractivity contribution is 5.20. The van der Waals surface area contributed by atoms with Crippen LogP contribution in [-0.4, -0.2) is 25.8 Å². The van der Waals surface area contributed by atoms with Gasteiger partial charge in [-0.05, 0) is 44.7 Å². The fourth-order valence-corrected chi connectivity index (χ4v) is 2.89. The van der Waals surface area contributed by atoms with E-state index in [9.17, 15) is 0 Å². The first-order valence-corrected chi connectivity index (χ1v) is 6.69. The van der Waals surface area contributed by atoms with E-state index in [1.165, 1.54) is 18.4 Å². The van der Waals surface area contributed by atoms with Crippen molar-refractivity contribution in [1.29, 1.82) is 0 Å². The zero-order chi connectivity index (χ0) is 12.1. The molecular weight excluding hydrogens is 210 g/mol. The molecule has 3 atom stereocenters. The highest BCUT2D eigenvalue weighted by atomic mass is 16.5. The molecule has 0 saturated heterocycles. The highest BCUT2D eigenvalue weighted by Crippen LogP contribution is 2.34. The van der Waals surface area contributed by atoms with Gasteiger partial charge in [0.15, 0.2) is 0 Å². The van der Waals surface area contributed by atoms with Crippen LogP contribution in [0.3, 0.4) is 0 Å². The molecule has 2 nitrogen and oxygen atoms in total. The molecule has 17 heavy (non-hydrogen) atoms. The van der Waals surface area contributed by atoms with E-state index in [2.05, 4.69) is 42.6 Å². The molecule has 94 valence electrons. The summed E-state index contributed by atoms with van der Waals surface area (Å²) in [5.74, 6) is 0.664. The second-order valence-corrected chi connectivity index (χ2v) is 4.81. The smallest absolute Gasteiger partial charge is 0.0733 e. The first-order valence-electron chi connectivity index (χ1n) is 6.69. The first kappa shape index (κ1) is 12.6. The van der Waals surface area contributed by atoms with Gasteiger partial charge in [-0.3, -0.25) is 0 Å². The van der Waals surface area contributed by atoms with Crippen molar-refractivity contribution in [2.45, 2.75) is 44.2 Å². The van der Waals surface area contributed by atoms with Crippen molar-refractivity contribution < 1.29 is 4.74 Å². The second kappa shape index (κ2) is 6.18. The van der Waals surface area contributed by atoms with Crippen molar-refractivity contribution in [3.05, 3.63) is 35.9 Å². The molecule has 2 rings (SSSR count). The predicted molar refractivity (Wildman–Crippen MR) is 71.3 cm³/mol. The number of hydrogen-bond donors (Lipinski definition) is 1. The minimum absolute atomic E-state index is 0.365. The lowest BCUT2D eigenvalue weighted by Gasteiger charge is -2.36. The largest absolute Gasteiger partial charge is 0.377 e. The Morgan fingerprint density at radius 3 is 2.65 bits per heavy atom. The Bertz CT molecular complexity index is 325. The van der Waals surface area contributed by atoms with E-state index in [1.807, 2.05) is 7.05 Å². The third-order valence-electron chi connectivity index (χ3n) is 3.81. The molecule has 2 heteroatoms. The average Bonchev–Trinajstić information content (AvgIpc) is 2.40. The number of hydrogen-bond acceptors (Lipinski definition) is 2. The van der Waals surface area contributed by atoms with Gasteiger partial charge in [0.25, 0.3) is 0 Å². The fraction of sp³-hybridized carbons (Fsp3) is 0.600. The van der Waals surface area contributed by atoms with Gasteiger partial charge in [0.1, 0.15) is 0 Å². The van der Waals surface area contributed by atoms with E-state index >= 15 is 0 Å². The van der Waals surface area contributed by atoms with Crippen LogP contribution in [0.25, 0.3) is 0 Å². The summed E-state index contributed by atoms with van der Waals surface area (Å²) in [6.07, 6.45) is 3.98. The fourth-order valence-electron chi connectivity index (χ4n) is 2.89. The van der Waals surface area contributed by atoms with Crippen molar-refractivity contribution in [3.8, 4) is 0 Å². The Labute approximate surface area is 104 Å². The number of benzene rings is 1. The molecule has 0 aromatic heterocycles. The van der Waals surface area contributed by atoms with E-state index in [1.54, 1.807) is 0 Å². The van der Waals surface area contributed by atoms with Crippen LogP contribution in [0.1, 0.15) is 37.7 Å². The van der Waals surface area contributed by atoms with Crippen LogP contribution in [0, 0.1) is 0 Å². The van der Waals surface area contributed by atoms with Crippen LogP contribution in [0.4, 0.5) is 0 Å². The maximum atomic E-state index is 5.88. The third kappa shape index (κ3) is 3.08. The SMILES string of the molecule is CCOC1CC(c2ccccc2)CCC1NC. The molecule has 1 aromatic rings. The van der Waals surface area contributed by atoms with Gasteiger partial charge in [-0.25, -0.2) is 0 Å². The maximum Gasteiger partial charge on any atom is 0.0733 e. The molecule has 1 aliphatic rings. The minimum atomic E-state index is 0.365. The maximum absolute atomic E-state index is 5.88. The Morgan fingerprint density at radius 2 is 2.00 bits per heavy atom. The lowest BCUT2D eigenvalue weighted by Crippen LogP contribution is -2.43. The van der Waals surface area contributed by atoms with Gasteiger partial charge in [0.05, 0.1) is 6.10 Å². The molecule has 0 heterocycles. The summed E-state index contributed by atoms with van der Waals surface area (Å²) in [5, 5.41) is 3.39. The van der Waals surface area contributed by atoms with Crippen LogP contribution in [0.5, 0.6) is 0 Å². The van der Waals surface area contributed by atoms with Gasteiger partial charge >= 0.3 is 0 Å².